The Morgan fingerprint density at radius 2 is 2.08 bits per heavy atom. The van der Waals surface area contributed by atoms with Crippen LogP contribution in [0.2, 0.25) is 0 Å². The minimum absolute atomic E-state index is 0.0601. The molecule has 0 saturated heterocycles. The standard InChI is InChI=1S/C11H18N2/c1-8-4-3-5-10(6-8)11(13)9(2)7-12/h3-6,9,11H,7,12-13H2,1-2H3. The van der Waals surface area contributed by atoms with Crippen LogP contribution in [0.1, 0.15) is 24.1 Å². The molecule has 2 nitrogen and oxygen atoms in total. The molecule has 0 bridgehead atoms. The van der Waals surface area contributed by atoms with Crippen molar-refractivity contribution in [3.8, 4) is 0 Å². The molecular weight excluding hydrogens is 160 g/mol. The van der Waals surface area contributed by atoms with E-state index < -0.39 is 0 Å². The van der Waals surface area contributed by atoms with E-state index in [0.29, 0.717) is 12.5 Å². The Balaban J connectivity index is 2.82. The molecular formula is C11H18N2. The molecule has 4 N–H and O–H groups in total. The maximum atomic E-state index is 6.04. The fourth-order valence-corrected chi connectivity index (χ4v) is 1.35. The maximum absolute atomic E-state index is 6.04. The third-order valence-corrected chi connectivity index (χ3v) is 2.41. The van der Waals surface area contributed by atoms with E-state index in [4.69, 9.17) is 11.5 Å². The Morgan fingerprint density at radius 1 is 1.38 bits per heavy atom. The molecule has 2 heteroatoms. The lowest BCUT2D eigenvalue weighted by Gasteiger charge is -2.18. The van der Waals surface area contributed by atoms with Crippen molar-refractivity contribution in [3.05, 3.63) is 35.4 Å². The molecule has 0 saturated carbocycles. The van der Waals surface area contributed by atoms with Crippen molar-refractivity contribution in [1.82, 2.24) is 0 Å². The zero-order chi connectivity index (χ0) is 9.84. The highest BCUT2D eigenvalue weighted by Crippen LogP contribution is 2.18. The topological polar surface area (TPSA) is 52.0 Å². The zero-order valence-corrected chi connectivity index (χ0v) is 8.33. The summed E-state index contributed by atoms with van der Waals surface area (Å²) in [6.45, 7) is 4.78. The van der Waals surface area contributed by atoms with Crippen LogP contribution >= 0.6 is 0 Å². The Bertz CT molecular complexity index is 271. The van der Waals surface area contributed by atoms with Crippen LogP contribution in [0.4, 0.5) is 0 Å². The quantitative estimate of drug-likeness (QED) is 0.738. The normalized spacial score (nSPS) is 15.4. The van der Waals surface area contributed by atoms with Crippen LogP contribution in [0.5, 0.6) is 0 Å². The molecule has 13 heavy (non-hydrogen) atoms. The highest BCUT2D eigenvalue weighted by Gasteiger charge is 2.12. The molecule has 0 amide bonds. The van der Waals surface area contributed by atoms with Gasteiger partial charge in [-0.3, -0.25) is 0 Å². The Hall–Kier alpha value is -0.860. The second-order valence-corrected chi connectivity index (χ2v) is 3.65. The molecule has 0 radical (unpaired) electrons. The van der Waals surface area contributed by atoms with Gasteiger partial charge in [-0.2, -0.15) is 0 Å². The highest BCUT2D eigenvalue weighted by molar-refractivity contribution is 5.25. The molecule has 0 aromatic heterocycles. The van der Waals surface area contributed by atoms with Gasteiger partial charge in [0, 0.05) is 6.04 Å². The van der Waals surface area contributed by atoms with Crippen LogP contribution in [0.3, 0.4) is 0 Å². The summed E-state index contributed by atoms with van der Waals surface area (Å²) < 4.78 is 0. The van der Waals surface area contributed by atoms with Gasteiger partial charge in [-0.05, 0) is 24.9 Å². The Morgan fingerprint density at radius 3 is 2.62 bits per heavy atom. The number of benzene rings is 1. The minimum Gasteiger partial charge on any atom is -0.330 e. The van der Waals surface area contributed by atoms with E-state index in [-0.39, 0.29) is 6.04 Å². The molecule has 72 valence electrons. The van der Waals surface area contributed by atoms with Crippen molar-refractivity contribution in [3.63, 3.8) is 0 Å². The third kappa shape index (κ3) is 2.54. The average Bonchev–Trinajstić information content (AvgIpc) is 2.15. The molecule has 2 unspecified atom stereocenters. The first-order chi connectivity index (χ1) is 6.15. The fourth-order valence-electron chi connectivity index (χ4n) is 1.35. The van der Waals surface area contributed by atoms with Crippen LogP contribution in [0.15, 0.2) is 24.3 Å². The van der Waals surface area contributed by atoms with Gasteiger partial charge in [0.15, 0.2) is 0 Å². The lowest BCUT2D eigenvalue weighted by molar-refractivity contribution is 0.481. The molecule has 0 heterocycles. The van der Waals surface area contributed by atoms with Gasteiger partial charge in [0.25, 0.3) is 0 Å². The van der Waals surface area contributed by atoms with E-state index in [1.165, 1.54) is 11.1 Å². The largest absolute Gasteiger partial charge is 0.330 e. The first kappa shape index (κ1) is 10.2. The SMILES string of the molecule is Cc1cccc(C(N)C(C)CN)c1. The summed E-state index contributed by atoms with van der Waals surface area (Å²) in [6, 6.07) is 8.35. The van der Waals surface area contributed by atoms with Crippen LogP contribution in [-0.2, 0) is 0 Å². The third-order valence-electron chi connectivity index (χ3n) is 2.41. The molecule has 0 aliphatic carbocycles. The molecule has 0 fully saturated rings. The lowest BCUT2D eigenvalue weighted by Crippen LogP contribution is -2.25. The molecule has 0 aliphatic heterocycles. The van der Waals surface area contributed by atoms with Crippen LogP contribution < -0.4 is 11.5 Å². The van der Waals surface area contributed by atoms with Crippen molar-refractivity contribution >= 4 is 0 Å². The van der Waals surface area contributed by atoms with Crippen molar-refractivity contribution in [2.24, 2.45) is 17.4 Å². The smallest absolute Gasteiger partial charge is 0.0333 e. The summed E-state index contributed by atoms with van der Waals surface area (Å²) in [7, 11) is 0. The predicted molar refractivity (Wildman–Crippen MR) is 56.3 cm³/mol. The van der Waals surface area contributed by atoms with Gasteiger partial charge in [0.1, 0.15) is 0 Å². The summed E-state index contributed by atoms with van der Waals surface area (Å²) in [5, 5.41) is 0. The van der Waals surface area contributed by atoms with E-state index >= 15 is 0 Å². The number of aryl methyl sites for hydroxylation is 1. The number of rotatable bonds is 3. The van der Waals surface area contributed by atoms with Crippen molar-refractivity contribution in [2.75, 3.05) is 6.54 Å². The van der Waals surface area contributed by atoms with Crippen molar-refractivity contribution in [2.45, 2.75) is 19.9 Å². The molecule has 0 spiro atoms. The zero-order valence-electron chi connectivity index (χ0n) is 8.33. The lowest BCUT2D eigenvalue weighted by atomic mass is 9.94. The average molecular weight is 178 g/mol. The summed E-state index contributed by atoms with van der Waals surface area (Å²) in [5.41, 5.74) is 14.0. The molecule has 1 aromatic rings. The second-order valence-electron chi connectivity index (χ2n) is 3.65. The van der Waals surface area contributed by atoms with Crippen LogP contribution in [0, 0.1) is 12.8 Å². The van der Waals surface area contributed by atoms with Crippen LogP contribution in [0.25, 0.3) is 0 Å². The van der Waals surface area contributed by atoms with Crippen molar-refractivity contribution < 1.29 is 0 Å². The van der Waals surface area contributed by atoms with E-state index in [1.54, 1.807) is 0 Å². The Kier molecular flexibility index (Phi) is 3.46. The van der Waals surface area contributed by atoms with Gasteiger partial charge in [-0.25, -0.2) is 0 Å². The fraction of sp³-hybridized carbons (Fsp3) is 0.455. The highest BCUT2D eigenvalue weighted by atomic mass is 14.7. The molecule has 2 atom stereocenters. The van der Waals surface area contributed by atoms with Gasteiger partial charge in [-0.1, -0.05) is 36.8 Å². The van der Waals surface area contributed by atoms with Gasteiger partial charge in [-0.15, -0.1) is 0 Å². The maximum Gasteiger partial charge on any atom is 0.0333 e. The van der Waals surface area contributed by atoms with E-state index in [2.05, 4.69) is 32.0 Å². The van der Waals surface area contributed by atoms with E-state index in [0.717, 1.165) is 0 Å². The predicted octanol–water partition coefficient (Wildman–Crippen LogP) is 1.59. The summed E-state index contributed by atoms with van der Waals surface area (Å²) in [4.78, 5) is 0. The molecule has 1 rings (SSSR count). The number of hydrogen-bond donors (Lipinski definition) is 2. The van der Waals surface area contributed by atoms with Gasteiger partial charge in [0.05, 0.1) is 0 Å². The summed E-state index contributed by atoms with van der Waals surface area (Å²) in [6.07, 6.45) is 0. The monoisotopic (exact) mass is 178 g/mol. The van der Waals surface area contributed by atoms with Gasteiger partial charge < -0.3 is 11.5 Å². The van der Waals surface area contributed by atoms with Gasteiger partial charge >= 0.3 is 0 Å². The first-order valence-electron chi connectivity index (χ1n) is 4.67. The summed E-state index contributed by atoms with van der Waals surface area (Å²) >= 11 is 0. The van der Waals surface area contributed by atoms with E-state index in [9.17, 15) is 0 Å². The second kappa shape index (κ2) is 4.40. The summed E-state index contributed by atoms with van der Waals surface area (Å²) in [5.74, 6) is 0.335. The minimum atomic E-state index is 0.0601. The molecule has 0 aliphatic rings. The number of nitrogens with two attached hydrogens (primary N) is 2. The van der Waals surface area contributed by atoms with Gasteiger partial charge in [0.2, 0.25) is 0 Å². The Labute approximate surface area is 79.9 Å². The first-order valence-corrected chi connectivity index (χ1v) is 4.67. The molecule has 1 aromatic carbocycles. The van der Waals surface area contributed by atoms with Crippen molar-refractivity contribution in [1.29, 1.82) is 0 Å². The number of hydrogen-bond acceptors (Lipinski definition) is 2. The van der Waals surface area contributed by atoms with E-state index in [1.807, 2.05) is 6.07 Å². The van der Waals surface area contributed by atoms with Crippen LogP contribution in [-0.4, -0.2) is 6.54 Å².